The van der Waals surface area contributed by atoms with Crippen LogP contribution in [0.15, 0.2) is 29.3 Å². The first-order chi connectivity index (χ1) is 9.81. The lowest BCUT2D eigenvalue weighted by Gasteiger charge is -2.12. The number of aliphatic imine (C=N–C) groups is 1. The van der Waals surface area contributed by atoms with E-state index < -0.39 is 0 Å². The molecule has 112 valence electrons. The summed E-state index contributed by atoms with van der Waals surface area (Å²) in [6.45, 7) is 10.0. The number of nitrogens with one attached hydrogen (secondary N) is 2. The van der Waals surface area contributed by atoms with Crippen LogP contribution in [0, 0.1) is 0 Å². The molecule has 0 atom stereocenters. The number of aryl methyl sites for hydroxylation is 1. The van der Waals surface area contributed by atoms with Crippen LogP contribution in [0.25, 0.3) is 0 Å². The largest absolute Gasteiger partial charge is 0.380 e. The van der Waals surface area contributed by atoms with Gasteiger partial charge in [0.2, 0.25) is 0 Å². The van der Waals surface area contributed by atoms with Crippen LogP contribution in [0.1, 0.15) is 31.9 Å². The van der Waals surface area contributed by atoms with E-state index in [2.05, 4.69) is 53.7 Å². The van der Waals surface area contributed by atoms with E-state index in [-0.39, 0.29) is 0 Å². The summed E-state index contributed by atoms with van der Waals surface area (Å²) in [4.78, 5) is 4.63. The number of hydrogen-bond acceptors (Lipinski definition) is 2. The van der Waals surface area contributed by atoms with Gasteiger partial charge in [0.1, 0.15) is 0 Å². The molecule has 0 amide bonds. The van der Waals surface area contributed by atoms with Gasteiger partial charge in [0.25, 0.3) is 0 Å². The molecule has 0 bridgehead atoms. The van der Waals surface area contributed by atoms with Crippen LogP contribution in [0.5, 0.6) is 0 Å². The van der Waals surface area contributed by atoms with Gasteiger partial charge in [-0.2, -0.15) is 0 Å². The second kappa shape index (κ2) is 10.3. The number of benzene rings is 1. The third-order valence-corrected chi connectivity index (χ3v) is 2.99. The first kappa shape index (κ1) is 16.5. The van der Waals surface area contributed by atoms with Crippen LogP contribution in [0.2, 0.25) is 0 Å². The van der Waals surface area contributed by atoms with Gasteiger partial charge in [0.15, 0.2) is 5.96 Å². The fraction of sp³-hybridized carbons (Fsp3) is 0.562. The topological polar surface area (TPSA) is 45.7 Å². The normalized spacial score (nSPS) is 11.4. The molecule has 4 nitrogen and oxygen atoms in total. The minimum absolute atomic E-state index is 0.701. The van der Waals surface area contributed by atoms with Gasteiger partial charge >= 0.3 is 0 Å². The Bertz CT molecular complexity index is 404. The Morgan fingerprint density at radius 2 is 1.85 bits per heavy atom. The Kier molecular flexibility index (Phi) is 8.47. The van der Waals surface area contributed by atoms with Crippen LogP contribution in [-0.2, 0) is 17.7 Å². The zero-order valence-corrected chi connectivity index (χ0v) is 12.9. The molecule has 0 aromatic heterocycles. The van der Waals surface area contributed by atoms with Gasteiger partial charge in [-0.05, 0) is 31.4 Å². The van der Waals surface area contributed by atoms with Crippen molar-refractivity contribution in [2.45, 2.75) is 33.7 Å². The molecule has 0 saturated heterocycles. The van der Waals surface area contributed by atoms with Gasteiger partial charge < -0.3 is 15.4 Å². The SMILES string of the molecule is CCNC(=NCc1ccccc1CC)NCCOCC. The molecular formula is C16H27N3O. The van der Waals surface area contributed by atoms with Crippen LogP contribution < -0.4 is 10.6 Å². The van der Waals surface area contributed by atoms with Crippen molar-refractivity contribution >= 4 is 5.96 Å². The van der Waals surface area contributed by atoms with Crippen molar-refractivity contribution in [2.75, 3.05) is 26.3 Å². The van der Waals surface area contributed by atoms with Gasteiger partial charge in [0.05, 0.1) is 13.2 Å². The lowest BCUT2D eigenvalue weighted by Crippen LogP contribution is -2.39. The summed E-state index contributed by atoms with van der Waals surface area (Å²) in [6, 6.07) is 8.46. The maximum atomic E-state index is 5.32. The summed E-state index contributed by atoms with van der Waals surface area (Å²) >= 11 is 0. The summed E-state index contributed by atoms with van der Waals surface area (Å²) in [5.74, 6) is 0.845. The van der Waals surface area contributed by atoms with Crippen LogP contribution >= 0.6 is 0 Å². The number of guanidine groups is 1. The molecule has 0 fully saturated rings. The second-order valence-corrected chi connectivity index (χ2v) is 4.44. The maximum absolute atomic E-state index is 5.32. The smallest absolute Gasteiger partial charge is 0.191 e. The summed E-state index contributed by atoms with van der Waals surface area (Å²) in [5.41, 5.74) is 2.65. The average molecular weight is 277 g/mol. The number of rotatable bonds is 8. The van der Waals surface area contributed by atoms with Gasteiger partial charge in [0, 0.05) is 19.7 Å². The predicted octanol–water partition coefficient (Wildman–Crippen LogP) is 2.34. The fourth-order valence-electron chi connectivity index (χ4n) is 1.95. The minimum Gasteiger partial charge on any atom is -0.380 e. The van der Waals surface area contributed by atoms with Crippen molar-refractivity contribution in [1.82, 2.24) is 10.6 Å². The van der Waals surface area contributed by atoms with E-state index in [1.165, 1.54) is 11.1 Å². The van der Waals surface area contributed by atoms with Crippen LogP contribution in [-0.4, -0.2) is 32.3 Å². The molecule has 0 radical (unpaired) electrons. The van der Waals surface area contributed by atoms with Crippen LogP contribution in [0.4, 0.5) is 0 Å². The highest BCUT2D eigenvalue weighted by atomic mass is 16.5. The van der Waals surface area contributed by atoms with Crippen molar-refractivity contribution in [3.63, 3.8) is 0 Å². The Morgan fingerprint density at radius 1 is 1.10 bits per heavy atom. The Hall–Kier alpha value is -1.55. The summed E-state index contributed by atoms with van der Waals surface area (Å²) in [6.07, 6.45) is 1.04. The second-order valence-electron chi connectivity index (χ2n) is 4.44. The molecule has 0 heterocycles. The van der Waals surface area contributed by atoms with Gasteiger partial charge in [-0.1, -0.05) is 31.2 Å². The molecule has 1 aromatic rings. The average Bonchev–Trinajstić information content (AvgIpc) is 2.49. The number of hydrogen-bond donors (Lipinski definition) is 2. The molecule has 0 saturated carbocycles. The Morgan fingerprint density at radius 3 is 2.50 bits per heavy atom. The highest BCUT2D eigenvalue weighted by Crippen LogP contribution is 2.10. The highest BCUT2D eigenvalue weighted by Gasteiger charge is 2.00. The van der Waals surface area contributed by atoms with Gasteiger partial charge in [-0.3, -0.25) is 0 Å². The standard InChI is InChI=1S/C16H27N3O/c1-4-14-9-7-8-10-15(14)13-19-16(17-5-2)18-11-12-20-6-3/h7-10H,4-6,11-13H2,1-3H3,(H2,17,18,19). The molecule has 0 unspecified atom stereocenters. The molecule has 1 aromatic carbocycles. The van der Waals surface area contributed by atoms with Gasteiger partial charge in [-0.15, -0.1) is 0 Å². The molecule has 2 N–H and O–H groups in total. The molecule has 4 heteroatoms. The van der Waals surface area contributed by atoms with E-state index in [1.54, 1.807) is 0 Å². The Labute approximate surface area is 122 Å². The monoisotopic (exact) mass is 277 g/mol. The van der Waals surface area contributed by atoms with Crippen LogP contribution in [0.3, 0.4) is 0 Å². The quantitative estimate of drug-likeness (QED) is 0.435. The summed E-state index contributed by atoms with van der Waals surface area (Å²) in [5, 5.41) is 6.53. The molecule has 20 heavy (non-hydrogen) atoms. The first-order valence-corrected chi connectivity index (χ1v) is 7.48. The summed E-state index contributed by atoms with van der Waals surface area (Å²) in [7, 11) is 0. The van der Waals surface area contributed by atoms with Crippen molar-refractivity contribution in [1.29, 1.82) is 0 Å². The molecule has 0 aliphatic heterocycles. The third-order valence-electron chi connectivity index (χ3n) is 2.99. The molecule has 0 aliphatic carbocycles. The third kappa shape index (κ3) is 6.06. The number of ether oxygens (including phenoxy) is 1. The molecule has 1 rings (SSSR count). The van der Waals surface area contributed by atoms with E-state index in [0.29, 0.717) is 13.2 Å². The van der Waals surface area contributed by atoms with Crippen molar-refractivity contribution in [3.05, 3.63) is 35.4 Å². The lowest BCUT2D eigenvalue weighted by molar-refractivity contribution is 0.152. The first-order valence-electron chi connectivity index (χ1n) is 7.48. The predicted molar refractivity (Wildman–Crippen MR) is 85.1 cm³/mol. The van der Waals surface area contributed by atoms with Crippen molar-refractivity contribution in [3.8, 4) is 0 Å². The van der Waals surface area contributed by atoms with E-state index >= 15 is 0 Å². The van der Waals surface area contributed by atoms with Crippen molar-refractivity contribution < 1.29 is 4.74 Å². The van der Waals surface area contributed by atoms with Crippen molar-refractivity contribution in [2.24, 2.45) is 4.99 Å². The maximum Gasteiger partial charge on any atom is 0.191 e. The molecule has 0 aliphatic rings. The van der Waals surface area contributed by atoms with E-state index in [1.807, 2.05) is 6.92 Å². The van der Waals surface area contributed by atoms with E-state index in [0.717, 1.165) is 32.1 Å². The molecule has 0 spiro atoms. The highest BCUT2D eigenvalue weighted by molar-refractivity contribution is 5.79. The van der Waals surface area contributed by atoms with E-state index in [4.69, 9.17) is 4.74 Å². The Balaban J connectivity index is 2.57. The summed E-state index contributed by atoms with van der Waals surface area (Å²) < 4.78 is 5.32. The fourth-order valence-corrected chi connectivity index (χ4v) is 1.95. The zero-order valence-electron chi connectivity index (χ0n) is 12.9. The zero-order chi connectivity index (χ0) is 14.6. The molecular weight excluding hydrogens is 250 g/mol. The van der Waals surface area contributed by atoms with Gasteiger partial charge in [-0.25, -0.2) is 4.99 Å². The lowest BCUT2D eigenvalue weighted by atomic mass is 10.1. The minimum atomic E-state index is 0.701. The number of nitrogens with zero attached hydrogens (tertiary/aromatic N) is 1. The van der Waals surface area contributed by atoms with E-state index in [9.17, 15) is 0 Å².